The van der Waals surface area contributed by atoms with Crippen LogP contribution in [0.2, 0.25) is 0 Å². The average Bonchev–Trinajstić information content (AvgIpc) is 3.03. The molecule has 4 rings (SSSR count). The Balaban J connectivity index is 1.35. The van der Waals surface area contributed by atoms with Crippen molar-refractivity contribution in [1.29, 1.82) is 0 Å². The molecule has 1 saturated heterocycles. The van der Waals surface area contributed by atoms with Crippen molar-refractivity contribution in [2.75, 3.05) is 19.8 Å². The first kappa shape index (κ1) is 32.7. The molecule has 0 aliphatic carbocycles. The maximum atomic E-state index is 15.2. The summed E-state index contributed by atoms with van der Waals surface area (Å²) in [6, 6.07) is 12.2. The largest absolute Gasteiger partial charge is 0.486 e. The van der Waals surface area contributed by atoms with E-state index in [0.29, 0.717) is 11.1 Å². The van der Waals surface area contributed by atoms with Crippen LogP contribution >= 0.6 is 0 Å². The lowest BCUT2D eigenvalue weighted by Gasteiger charge is -2.30. The first-order chi connectivity index (χ1) is 20.9. The molecule has 1 fully saturated rings. The van der Waals surface area contributed by atoms with E-state index in [4.69, 9.17) is 14.2 Å². The number of allylic oxidation sites excluding steroid dienone is 1. The normalized spacial score (nSPS) is 17.1. The van der Waals surface area contributed by atoms with Crippen LogP contribution in [-0.2, 0) is 9.47 Å². The van der Waals surface area contributed by atoms with Crippen LogP contribution in [0.5, 0.6) is 5.75 Å². The van der Waals surface area contributed by atoms with E-state index in [0.717, 1.165) is 25.7 Å². The molecule has 1 aliphatic rings. The van der Waals surface area contributed by atoms with Gasteiger partial charge >= 0.3 is 0 Å². The molecule has 0 amide bonds. The molecule has 0 aromatic heterocycles. The quantitative estimate of drug-likeness (QED) is 0.0990. The fraction of sp³-hybridized carbons (Fsp3) is 0.444. The van der Waals surface area contributed by atoms with Crippen LogP contribution in [0.15, 0.2) is 60.7 Å². The summed E-state index contributed by atoms with van der Waals surface area (Å²) in [6.07, 6.45) is 13.4. The molecule has 7 heteroatoms. The van der Waals surface area contributed by atoms with Gasteiger partial charge in [0.05, 0.1) is 13.2 Å². The lowest BCUT2D eigenvalue weighted by Crippen LogP contribution is -2.31. The molecule has 0 atom stereocenters. The summed E-state index contributed by atoms with van der Waals surface area (Å²) in [5.41, 5.74) is 1.17. The summed E-state index contributed by atoms with van der Waals surface area (Å²) in [6.45, 7) is 4.85. The van der Waals surface area contributed by atoms with Gasteiger partial charge in [0, 0.05) is 17.0 Å². The third-order valence-corrected chi connectivity index (χ3v) is 7.85. The van der Waals surface area contributed by atoms with Gasteiger partial charge in [0.25, 0.3) is 0 Å². The number of benzene rings is 3. The molecule has 3 aromatic carbocycles. The second-order valence-corrected chi connectivity index (χ2v) is 11.0. The molecule has 0 unspecified atom stereocenters. The fourth-order valence-electron chi connectivity index (χ4n) is 5.33. The minimum Gasteiger partial charge on any atom is -0.486 e. The van der Waals surface area contributed by atoms with Gasteiger partial charge in [-0.05, 0) is 48.1 Å². The summed E-state index contributed by atoms with van der Waals surface area (Å²) in [7, 11) is 0. The Morgan fingerprint density at radius 3 is 1.88 bits per heavy atom. The van der Waals surface area contributed by atoms with Gasteiger partial charge in [0.1, 0.15) is 6.61 Å². The second-order valence-electron chi connectivity index (χ2n) is 11.0. The molecular weight excluding hydrogens is 556 g/mol. The minimum absolute atomic E-state index is 0.0464. The lowest BCUT2D eigenvalue weighted by atomic mass is 9.94. The molecule has 232 valence electrons. The molecule has 43 heavy (non-hydrogen) atoms. The van der Waals surface area contributed by atoms with Gasteiger partial charge in [-0.25, -0.2) is 13.2 Å². The topological polar surface area (TPSA) is 27.7 Å². The Morgan fingerprint density at radius 1 is 0.674 bits per heavy atom. The SMILES string of the molecule is CCC=CCOc1ccc(-c2ccc(-c3ccc(C4COC(CCCCCCCCC)OC4)c(F)c3F)cc2)c(F)c1F. The van der Waals surface area contributed by atoms with Gasteiger partial charge in [-0.3, -0.25) is 0 Å². The van der Waals surface area contributed by atoms with Crippen LogP contribution in [-0.4, -0.2) is 26.1 Å². The van der Waals surface area contributed by atoms with E-state index in [2.05, 4.69) is 6.92 Å². The average molecular weight is 599 g/mol. The molecule has 0 spiro atoms. The van der Waals surface area contributed by atoms with Gasteiger partial charge in [-0.15, -0.1) is 0 Å². The Hall–Kier alpha value is -3.16. The Morgan fingerprint density at radius 2 is 1.26 bits per heavy atom. The van der Waals surface area contributed by atoms with Crippen LogP contribution in [0.3, 0.4) is 0 Å². The molecule has 3 nitrogen and oxygen atoms in total. The molecule has 0 radical (unpaired) electrons. The first-order valence-electron chi connectivity index (χ1n) is 15.5. The highest BCUT2D eigenvalue weighted by Gasteiger charge is 2.27. The van der Waals surface area contributed by atoms with Crippen molar-refractivity contribution < 1.29 is 31.8 Å². The number of hydrogen-bond donors (Lipinski definition) is 0. The zero-order valence-electron chi connectivity index (χ0n) is 25.2. The van der Waals surface area contributed by atoms with Crippen LogP contribution in [0.25, 0.3) is 22.3 Å². The number of unbranched alkanes of at least 4 members (excludes halogenated alkanes) is 6. The van der Waals surface area contributed by atoms with E-state index < -0.39 is 29.2 Å². The molecular formula is C36H42F4O3. The number of hydrogen-bond acceptors (Lipinski definition) is 3. The monoisotopic (exact) mass is 598 g/mol. The van der Waals surface area contributed by atoms with Crippen LogP contribution in [0, 0.1) is 23.3 Å². The smallest absolute Gasteiger partial charge is 0.201 e. The highest BCUT2D eigenvalue weighted by Crippen LogP contribution is 2.35. The number of ether oxygens (including phenoxy) is 3. The first-order valence-corrected chi connectivity index (χ1v) is 15.5. The van der Waals surface area contributed by atoms with Gasteiger partial charge in [-0.2, -0.15) is 4.39 Å². The third-order valence-electron chi connectivity index (χ3n) is 7.85. The number of rotatable bonds is 15. The molecule has 1 aliphatic heterocycles. The van der Waals surface area contributed by atoms with Gasteiger partial charge in [-0.1, -0.05) is 101 Å². The molecule has 0 saturated carbocycles. The summed E-state index contributed by atoms with van der Waals surface area (Å²) in [4.78, 5) is 0. The molecule has 0 N–H and O–H groups in total. The van der Waals surface area contributed by atoms with Crippen molar-refractivity contribution in [2.24, 2.45) is 0 Å². The zero-order chi connectivity index (χ0) is 30.6. The number of halogens is 4. The predicted octanol–water partition coefficient (Wildman–Crippen LogP) is 10.5. The van der Waals surface area contributed by atoms with Crippen molar-refractivity contribution in [2.45, 2.75) is 83.8 Å². The van der Waals surface area contributed by atoms with Crippen molar-refractivity contribution in [1.82, 2.24) is 0 Å². The van der Waals surface area contributed by atoms with Gasteiger partial charge < -0.3 is 14.2 Å². The van der Waals surface area contributed by atoms with E-state index in [9.17, 15) is 8.78 Å². The van der Waals surface area contributed by atoms with E-state index in [1.54, 1.807) is 36.4 Å². The standard InChI is InChI=1S/C36H42F4O3/c1-3-5-7-8-9-10-11-13-32-42-23-27(24-43-32)30-19-18-28(33(37)34(30)38)25-14-16-26(17-15-25)29-20-21-31(36(40)35(29)39)41-22-12-6-4-2/h6,12,14-21,27,32H,3-5,7-11,13,22-24H2,1-2H3. The van der Waals surface area contributed by atoms with Crippen LogP contribution in [0.4, 0.5) is 17.6 Å². The van der Waals surface area contributed by atoms with Crippen molar-refractivity contribution in [3.8, 4) is 28.0 Å². The Labute approximate surface area is 252 Å². The summed E-state index contributed by atoms with van der Waals surface area (Å²) < 4.78 is 76.9. The van der Waals surface area contributed by atoms with Crippen molar-refractivity contribution in [3.63, 3.8) is 0 Å². The van der Waals surface area contributed by atoms with Gasteiger partial charge in [0.15, 0.2) is 29.5 Å². The van der Waals surface area contributed by atoms with E-state index in [1.165, 1.54) is 50.3 Å². The second kappa shape index (κ2) is 16.6. The van der Waals surface area contributed by atoms with Crippen LogP contribution in [0.1, 0.15) is 83.1 Å². The van der Waals surface area contributed by atoms with Crippen molar-refractivity contribution >= 4 is 0 Å². The third kappa shape index (κ3) is 8.70. The molecule has 0 bridgehead atoms. The molecule has 3 aromatic rings. The zero-order valence-corrected chi connectivity index (χ0v) is 25.2. The van der Waals surface area contributed by atoms with E-state index >= 15 is 8.78 Å². The highest BCUT2D eigenvalue weighted by molar-refractivity contribution is 5.72. The minimum atomic E-state index is -1.07. The van der Waals surface area contributed by atoms with Crippen molar-refractivity contribution in [3.05, 3.63) is 89.5 Å². The van der Waals surface area contributed by atoms with E-state index in [1.807, 2.05) is 13.0 Å². The maximum Gasteiger partial charge on any atom is 0.201 e. The summed E-state index contributed by atoms with van der Waals surface area (Å²) in [5, 5.41) is 0. The van der Waals surface area contributed by atoms with Crippen LogP contribution < -0.4 is 4.74 Å². The molecule has 1 heterocycles. The Kier molecular flexibility index (Phi) is 12.7. The summed E-state index contributed by atoms with van der Waals surface area (Å²) >= 11 is 0. The fourth-order valence-corrected chi connectivity index (χ4v) is 5.33. The lowest BCUT2D eigenvalue weighted by molar-refractivity contribution is -0.190. The summed E-state index contributed by atoms with van der Waals surface area (Å²) in [5.74, 6) is -4.58. The van der Waals surface area contributed by atoms with E-state index in [-0.39, 0.29) is 48.6 Å². The Bertz CT molecular complexity index is 1330. The predicted molar refractivity (Wildman–Crippen MR) is 163 cm³/mol. The maximum absolute atomic E-state index is 15.2. The van der Waals surface area contributed by atoms with Gasteiger partial charge in [0.2, 0.25) is 5.82 Å². The highest BCUT2D eigenvalue weighted by atomic mass is 19.2.